The van der Waals surface area contributed by atoms with Gasteiger partial charge in [0.15, 0.2) is 0 Å². The number of hydrogen-bond acceptors (Lipinski definition) is 3. The molecule has 6 heteroatoms. The van der Waals surface area contributed by atoms with Gasteiger partial charge in [-0.05, 0) is 41.2 Å². The summed E-state index contributed by atoms with van der Waals surface area (Å²) in [6.07, 6.45) is 3.17. The van der Waals surface area contributed by atoms with Crippen LogP contribution in [0.15, 0.2) is 79.0 Å². The molecule has 1 aromatic heterocycles. The second-order valence-electron chi connectivity index (χ2n) is 8.47. The molecule has 2 amide bonds. The highest BCUT2D eigenvalue weighted by atomic mass is 16.5. The highest BCUT2D eigenvalue weighted by Crippen LogP contribution is 2.24. The number of fused-ring (bicyclic) bond motifs is 1. The van der Waals surface area contributed by atoms with E-state index in [0.717, 1.165) is 51.7 Å². The van der Waals surface area contributed by atoms with Crippen LogP contribution in [0.25, 0.3) is 10.9 Å². The zero-order chi connectivity index (χ0) is 24.6. The third-order valence-electron chi connectivity index (χ3n) is 6.17. The van der Waals surface area contributed by atoms with Crippen molar-refractivity contribution in [3.63, 3.8) is 0 Å². The van der Waals surface area contributed by atoms with Gasteiger partial charge in [-0.3, -0.25) is 4.79 Å². The van der Waals surface area contributed by atoms with E-state index >= 15 is 0 Å². The monoisotopic (exact) mass is 469 g/mol. The van der Waals surface area contributed by atoms with Crippen LogP contribution in [0.1, 0.15) is 36.1 Å². The van der Waals surface area contributed by atoms with Crippen LogP contribution in [0.2, 0.25) is 0 Å². The van der Waals surface area contributed by atoms with Crippen molar-refractivity contribution in [2.24, 2.45) is 0 Å². The Morgan fingerprint density at radius 3 is 2.26 bits per heavy atom. The number of anilines is 1. The van der Waals surface area contributed by atoms with E-state index in [1.807, 2.05) is 79.0 Å². The minimum absolute atomic E-state index is 0.132. The lowest BCUT2D eigenvalue weighted by Gasteiger charge is -2.21. The molecule has 35 heavy (non-hydrogen) atoms. The van der Waals surface area contributed by atoms with Crippen molar-refractivity contribution in [2.45, 2.75) is 45.8 Å². The summed E-state index contributed by atoms with van der Waals surface area (Å²) in [5.74, 6) is -0.275. The molecule has 0 spiro atoms. The molecule has 0 saturated carbocycles. The quantitative estimate of drug-likeness (QED) is 0.291. The zero-order valence-corrected chi connectivity index (χ0v) is 20.1. The number of amides is 2. The summed E-state index contributed by atoms with van der Waals surface area (Å²) in [5.41, 5.74) is 5.77. The van der Waals surface area contributed by atoms with E-state index in [-0.39, 0.29) is 12.5 Å². The van der Waals surface area contributed by atoms with Gasteiger partial charge in [-0.25, -0.2) is 4.79 Å². The maximum absolute atomic E-state index is 13.5. The Kier molecular flexibility index (Phi) is 7.83. The first kappa shape index (κ1) is 24.1. The molecule has 3 N–H and O–H groups in total. The number of carbonyl (C=O) groups excluding carboxylic acids is 2. The molecule has 1 heterocycles. The summed E-state index contributed by atoms with van der Waals surface area (Å²) in [5, 5.41) is 6.92. The van der Waals surface area contributed by atoms with Crippen molar-refractivity contribution in [3.05, 3.63) is 101 Å². The van der Waals surface area contributed by atoms with Crippen LogP contribution in [0, 0.1) is 0 Å². The Bertz CT molecular complexity index is 1270. The maximum atomic E-state index is 13.5. The van der Waals surface area contributed by atoms with Gasteiger partial charge in [0.1, 0.15) is 12.6 Å². The van der Waals surface area contributed by atoms with Crippen molar-refractivity contribution in [2.75, 3.05) is 5.32 Å². The molecule has 0 aliphatic heterocycles. The number of aromatic amines is 1. The van der Waals surface area contributed by atoms with Crippen LogP contribution in [0.5, 0.6) is 0 Å². The number of aromatic nitrogens is 1. The fraction of sp³-hybridized carbons (Fsp3) is 0.241. The summed E-state index contributed by atoms with van der Waals surface area (Å²) in [4.78, 5) is 29.5. The van der Waals surface area contributed by atoms with Crippen LogP contribution in [0.3, 0.4) is 0 Å². The third-order valence-corrected chi connectivity index (χ3v) is 6.17. The van der Waals surface area contributed by atoms with Gasteiger partial charge in [-0.2, -0.15) is 0 Å². The number of ether oxygens (including phenoxy) is 1. The lowest BCUT2D eigenvalue weighted by atomic mass is 10.0. The van der Waals surface area contributed by atoms with Gasteiger partial charge in [0, 0.05) is 29.2 Å². The van der Waals surface area contributed by atoms with Crippen LogP contribution >= 0.6 is 0 Å². The third kappa shape index (κ3) is 5.90. The van der Waals surface area contributed by atoms with E-state index in [2.05, 4.69) is 29.5 Å². The minimum Gasteiger partial charge on any atom is -0.445 e. The first-order valence-electron chi connectivity index (χ1n) is 12.0. The normalized spacial score (nSPS) is 11.7. The van der Waals surface area contributed by atoms with Gasteiger partial charge in [-0.1, -0.05) is 80.6 Å². The number of H-pyrrole nitrogens is 1. The van der Waals surface area contributed by atoms with E-state index in [4.69, 9.17) is 4.74 Å². The van der Waals surface area contributed by atoms with Gasteiger partial charge >= 0.3 is 6.09 Å². The Hall–Kier alpha value is -4.06. The van der Waals surface area contributed by atoms with Gasteiger partial charge in [0.05, 0.1) is 0 Å². The second kappa shape index (κ2) is 11.4. The van der Waals surface area contributed by atoms with Crippen LogP contribution < -0.4 is 10.6 Å². The van der Waals surface area contributed by atoms with Crippen molar-refractivity contribution in [1.82, 2.24) is 10.3 Å². The average molecular weight is 470 g/mol. The summed E-state index contributed by atoms with van der Waals surface area (Å²) >= 11 is 0. The highest BCUT2D eigenvalue weighted by Gasteiger charge is 2.25. The fourth-order valence-electron chi connectivity index (χ4n) is 4.25. The lowest BCUT2D eigenvalue weighted by molar-refractivity contribution is -0.118. The summed E-state index contributed by atoms with van der Waals surface area (Å²) in [6.45, 7) is 4.26. The number of hydrogen-bond donors (Lipinski definition) is 3. The second-order valence-corrected chi connectivity index (χ2v) is 8.47. The standard InChI is InChI=1S/C29H31N3O3/c1-3-21-13-10-14-22(4-2)27(21)32-28(33)26(17-23-18-30-25-16-9-8-15-24(23)25)31-29(34)35-19-20-11-6-5-7-12-20/h5-16,18,26,30H,3-4,17,19H2,1-2H3,(H,31,34)(H,32,33)/t26-/m0/s1. The maximum Gasteiger partial charge on any atom is 0.408 e. The number of alkyl carbamates (subject to hydrolysis) is 1. The molecule has 4 aromatic rings. The number of nitrogens with one attached hydrogen (secondary N) is 3. The molecule has 0 unspecified atom stereocenters. The topological polar surface area (TPSA) is 83.2 Å². The Morgan fingerprint density at radius 1 is 0.857 bits per heavy atom. The van der Waals surface area contributed by atoms with Gasteiger partial charge in [0.2, 0.25) is 5.91 Å². The zero-order valence-electron chi connectivity index (χ0n) is 20.1. The summed E-state index contributed by atoms with van der Waals surface area (Å²) in [6, 6.07) is 22.6. The molecular formula is C29H31N3O3. The van der Waals surface area contributed by atoms with Crippen molar-refractivity contribution >= 4 is 28.6 Å². The molecular weight excluding hydrogens is 438 g/mol. The van der Waals surface area contributed by atoms with E-state index in [9.17, 15) is 9.59 Å². The molecule has 0 bridgehead atoms. The van der Waals surface area contributed by atoms with Crippen LogP contribution in [-0.2, 0) is 35.4 Å². The Balaban J connectivity index is 1.56. The van der Waals surface area contributed by atoms with Gasteiger partial charge in [-0.15, -0.1) is 0 Å². The molecule has 0 aliphatic carbocycles. The molecule has 0 aliphatic rings. The number of para-hydroxylation sites is 2. The van der Waals surface area contributed by atoms with E-state index in [1.54, 1.807) is 0 Å². The molecule has 4 rings (SSSR count). The van der Waals surface area contributed by atoms with E-state index in [1.165, 1.54) is 0 Å². The molecule has 3 aromatic carbocycles. The first-order valence-corrected chi connectivity index (χ1v) is 12.0. The van der Waals surface area contributed by atoms with Crippen molar-refractivity contribution in [1.29, 1.82) is 0 Å². The minimum atomic E-state index is -0.813. The molecule has 180 valence electrons. The van der Waals surface area contributed by atoms with Crippen molar-refractivity contribution < 1.29 is 14.3 Å². The number of carbonyl (C=O) groups is 2. The highest BCUT2D eigenvalue weighted by molar-refractivity contribution is 5.98. The average Bonchev–Trinajstić information content (AvgIpc) is 3.30. The Morgan fingerprint density at radius 2 is 1.54 bits per heavy atom. The fourth-order valence-corrected chi connectivity index (χ4v) is 4.25. The van der Waals surface area contributed by atoms with Gasteiger partial charge in [0.25, 0.3) is 0 Å². The molecule has 0 saturated heterocycles. The smallest absolute Gasteiger partial charge is 0.408 e. The van der Waals surface area contributed by atoms with E-state index in [0.29, 0.717) is 6.42 Å². The van der Waals surface area contributed by atoms with E-state index < -0.39 is 12.1 Å². The molecule has 1 atom stereocenters. The summed E-state index contributed by atoms with van der Waals surface area (Å²) in [7, 11) is 0. The first-order chi connectivity index (χ1) is 17.1. The largest absolute Gasteiger partial charge is 0.445 e. The number of aryl methyl sites for hydroxylation is 2. The number of rotatable bonds is 9. The molecule has 0 radical (unpaired) electrons. The van der Waals surface area contributed by atoms with Gasteiger partial charge < -0.3 is 20.4 Å². The molecule has 0 fully saturated rings. The van der Waals surface area contributed by atoms with Crippen molar-refractivity contribution in [3.8, 4) is 0 Å². The predicted molar refractivity (Wildman–Crippen MR) is 139 cm³/mol. The van der Waals surface area contributed by atoms with Crippen LogP contribution in [0.4, 0.5) is 10.5 Å². The predicted octanol–water partition coefficient (Wildman–Crippen LogP) is 5.77. The van der Waals surface area contributed by atoms with Crippen LogP contribution in [-0.4, -0.2) is 23.0 Å². The SMILES string of the molecule is CCc1cccc(CC)c1NC(=O)[C@H](Cc1c[nH]c2ccccc12)NC(=O)OCc1ccccc1. The Labute approximate surface area is 205 Å². The lowest BCUT2D eigenvalue weighted by Crippen LogP contribution is -2.45. The number of benzene rings is 3. The molecule has 6 nitrogen and oxygen atoms in total. The summed E-state index contributed by atoms with van der Waals surface area (Å²) < 4.78 is 5.42.